The van der Waals surface area contributed by atoms with Crippen LogP contribution in [0.25, 0.3) is 0 Å². The number of hydrogen-bond acceptors (Lipinski definition) is 4. The van der Waals surface area contributed by atoms with Gasteiger partial charge in [0.05, 0.1) is 18.4 Å². The molecule has 0 aliphatic carbocycles. The van der Waals surface area contributed by atoms with Gasteiger partial charge in [0.1, 0.15) is 10.9 Å². The number of rotatable bonds is 3. The maximum atomic E-state index is 6.46. The van der Waals surface area contributed by atoms with Crippen molar-refractivity contribution in [2.45, 2.75) is 58.5 Å². The van der Waals surface area contributed by atoms with E-state index in [4.69, 9.17) is 16.0 Å². The van der Waals surface area contributed by atoms with Crippen LogP contribution in [0.5, 0.6) is 0 Å². The van der Waals surface area contributed by atoms with E-state index in [1.54, 1.807) is 4.68 Å². The van der Waals surface area contributed by atoms with E-state index in [1.165, 1.54) is 0 Å². The van der Waals surface area contributed by atoms with E-state index in [-0.39, 0.29) is 5.41 Å². The number of nitrogens with zero attached hydrogens (tertiary/aromatic N) is 4. The lowest BCUT2D eigenvalue weighted by molar-refractivity contribution is 0.217. The quantitative estimate of drug-likeness (QED) is 0.849. The highest BCUT2D eigenvalue weighted by Crippen LogP contribution is 2.38. The topological polar surface area (TPSA) is 47.1 Å². The van der Waals surface area contributed by atoms with Crippen LogP contribution in [-0.4, -0.2) is 26.2 Å². The minimum atomic E-state index is -0.0150. The first-order chi connectivity index (χ1) is 10.8. The van der Waals surface area contributed by atoms with Gasteiger partial charge in [-0.3, -0.25) is 9.58 Å². The Hall–Kier alpha value is -1.33. The van der Waals surface area contributed by atoms with Crippen LogP contribution >= 0.6 is 11.6 Å². The van der Waals surface area contributed by atoms with Gasteiger partial charge < -0.3 is 4.42 Å². The molecular weight excluding hydrogens is 312 g/mol. The molecule has 1 atom stereocenters. The van der Waals surface area contributed by atoms with Crippen molar-refractivity contribution in [3.63, 3.8) is 0 Å². The summed E-state index contributed by atoms with van der Waals surface area (Å²) in [5.41, 5.74) is 2.14. The van der Waals surface area contributed by atoms with Gasteiger partial charge in [-0.05, 0) is 26.3 Å². The molecule has 3 heterocycles. The van der Waals surface area contributed by atoms with Crippen LogP contribution in [0, 0.1) is 6.92 Å². The molecule has 0 bridgehead atoms. The third kappa shape index (κ3) is 3.17. The van der Waals surface area contributed by atoms with Crippen molar-refractivity contribution in [2.75, 3.05) is 6.54 Å². The number of aromatic nitrogens is 3. The van der Waals surface area contributed by atoms with Crippen molar-refractivity contribution in [1.29, 1.82) is 0 Å². The molecule has 0 N–H and O–H groups in total. The van der Waals surface area contributed by atoms with Gasteiger partial charge in [0.25, 0.3) is 0 Å². The second-order valence-corrected chi connectivity index (χ2v) is 7.77. The van der Waals surface area contributed by atoms with E-state index in [2.05, 4.69) is 35.8 Å². The Kier molecular flexibility index (Phi) is 4.27. The van der Waals surface area contributed by atoms with Crippen LogP contribution < -0.4 is 0 Å². The van der Waals surface area contributed by atoms with Crippen molar-refractivity contribution >= 4 is 11.6 Å². The number of halogens is 1. The second kappa shape index (κ2) is 5.95. The monoisotopic (exact) mass is 336 g/mol. The van der Waals surface area contributed by atoms with Crippen LogP contribution in [-0.2, 0) is 19.0 Å². The predicted octanol–water partition coefficient (Wildman–Crippen LogP) is 4.00. The Morgan fingerprint density at radius 1 is 1.39 bits per heavy atom. The van der Waals surface area contributed by atoms with E-state index < -0.39 is 0 Å². The summed E-state index contributed by atoms with van der Waals surface area (Å²) >= 11 is 6.46. The molecule has 1 aliphatic heterocycles. The minimum absolute atomic E-state index is 0.0150. The standard InChI is InChI=1S/C17H25ClN4O/c1-11-15(16(18)21(5)20-11)12-7-6-8-22(12)10-14-19-9-13(23-14)17(2,3)4/h9,12H,6-8,10H2,1-5H3/t12-/m0/s1. The Labute approximate surface area is 142 Å². The summed E-state index contributed by atoms with van der Waals surface area (Å²) in [6, 6.07) is 0.293. The first-order valence-corrected chi connectivity index (χ1v) is 8.53. The van der Waals surface area contributed by atoms with Crippen molar-refractivity contribution in [2.24, 2.45) is 7.05 Å². The second-order valence-electron chi connectivity index (χ2n) is 7.41. The van der Waals surface area contributed by atoms with Gasteiger partial charge in [-0.1, -0.05) is 32.4 Å². The first kappa shape index (κ1) is 16.5. The largest absolute Gasteiger partial charge is 0.444 e. The highest BCUT2D eigenvalue weighted by molar-refractivity contribution is 6.30. The minimum Gasteiger partial charge on any atom is -0.444 e. The molecular formula is C17H25ClN4O. The Bertz CT molecular complexity index is 698. The van der Waals surface area contributed by atoms with Gasteiger partial charge in [0.2, 0.25) is 5.89 Å². The highest BCUT2D eigenvalue weighted by Gasteiger charge is 2.32. The molecule has 3 rings (SSSR count). The van der Waals surface area contributed by atoms with Gasteiger partial charge in [-0.2, -0.15) is 5.10 Å². The zero-order valence-electron chi connectivity index (χ0n) is 14.6. The Balaban J connectivity index is 1.81. The normalized spacial score (nSPS) is 19.7. The van der Waals surface area contributed by atoms with Crippen molar-refractivity contribution in [1.82, 2.24) is 19.7 Å². The molecule has 5 nitrogen and oxygen atoms in total. The molecule has 0 radical (unpaired) electrons. The average molecular weight is 337 g/mol. The molecule has 0 amide bonds. The predicted molar refractivity (Wildman–Crippen MR) is 90.5 cm³/mol. The number of likely N-dealkylation sites (tertiary alicyclic amines) is 1. The molecule has 0 saturated carbocycles. The maximum absolute atomic E-state index is 6.46. The van der Waals surface area contributed by atoms with Gasteiger partial charge >= 0.3 is 0 Å². The van der Waals surface area contributed by atoms with Crippen LogP contribution in [0.1, 0.15) is 62.6 Å². The molecule has 23 heavy (non-hydrogen) atoms. The third-order valence-electron chi connectivity index (χ3n) is 4.52. The molecule has 126 valence electrons. The zero-order chi connectivity index (χ0) is 16.8. The van der Waals surface area contributed by atoms with Gasteiger partial charge in [0, 0.05) is 24.1 Å². The molecule has 1 aliphatic rings. The van der Waals surface area contributed by atoms with E-state index in [0.29, 0.717) is 12.6 Å². The number of hydrogen-bond donors (Lipinski definition) is 0. The zero-order valence-corrected chi connectivity index (χ0v) is 15.3. The fourth-order valence-corrected chi connectivity index (χ4v) is 3.57. The summed E-state index contributed by atoms with van der Waals surface area (Å²) in [4.78, 5) is 6.86. The van der Waals surface area contributed by atoms with Gasteiger partial charge in [-0.25, -0.2) is 4.98 Å². The Morgan fingerprint density at radius 3 is 2.70 bits per heavy atom. The fourth-order valence-electron chi connectivity index (χ4n) is 3.27. The summed E-state index contributed by atoms with van der Waals surface area (Å²) in [6.07, 6.45) is 4.10. The fraction of sp³-hybridized carbons (Fsp3) is 0.647. The molecule has 6 heteroatoms. The smallest absolute Gasteiger partial charge is 0.208 e. The van der Waals surface area contributed by atoms with Crippen molar-refractivity contribution in [3.05, 3.63) is 34.3 Å². The SMILES string of the molecule is Cc1nn(C)c(Cl)c1[C@@H]1CCCN1Cc1ncc(C(C)(C)C)o1. The van der Waals surface area contributed by atoms with Crippen LogP contribution in [0.15, 0.2) is 10.6 Å². The van der Waals surface area contributed by atoms with Crippen LogP contribution in [0.3, 0.4) is 0 Å². The molecule has 2 aromatic rings. The Morgan fingerprint density at radius 2 is 2.13 bits per heavy atom. The van der Waals surface area contributed by atoms with E-state index >= 15 is 0 Å². The lowest BCUT2D eigenvalue weighted by Gasteiger charge is -2.23. The van der Waals surface area contributed by atoms with E-state index in [0.717, 1.165) is 47.4 Å². The van der Waals surface area contributed by atoms with E-state index in [1.807, 2.05) is 20.2 Å². The van der Waals surface area contributed by atoms with Crippen molar-refractivity contribution in [3.8, 4) is 0 Å². The lowest BCUT2D eigenvalue weighted by atomic mass is 9.94. The number of oxazole rings is 1. The van der Waals surface area contributed by atoms with Crippen LogP contribution in [0.2, 0.25) is 5.15 Å². The van der Waals surface area contributed by atoms with Crippen molar-refractivity contribution < 1.29 is 4.42 Å². The van der Waals surface area contributed by atoms with Gasteiger partial charge in [0.15, 0.2) is 0 Å². The molecule has 0 spiro atoms. The van der Waals surface area contributed by atoms with E-state index in [9.17, 15) is 0 Å². The summed E-state index contributed by atoms with van der Waals surface area (Å²) in [5.74, 6) is 1.71. The third-order valence-corrected chi connectivity index (χ3v) is 4.97. The van der Waals surface area contributed by atoms with Gasteiger partial charge in [-0.15, -0.1) is 0 Å². The lowest BCUT2D eigenvalue weighted by Crippen LogP contribution is -2.23. The first-order valence-electron chi connectivity index (χ1n) is 8.15. The summed E-state index contributed by atoms with van der Waals surface area (Å²) < 4.78 is 7.71. The molecule has 1 saturated heterocycles. The average Bonchev–Trinajstić information content (AvgIpc) is 3.13. The molecule has 0 aromatic carbocycles. The summed E-state index contributed by atoms with van der Waals surface area (Å²) in [6.45, 7) is 10.2. The summed E-state index contributed by atoms with van der Waals surface area (Å²) in [7, 11) is 1.89. The molecule has 1 fully saturated rings. The molecule has 2 aromatic heterocycles. The van der Waals surface area contributed by atoms with Crippen LogP contribution in [0.4, 0.5) is 0 Å². The highest BCUT2D eigenvalue weighted by atomic mass is 35.5. The number of aryl methyl sites for hydroxylation is 2. The molecule has 0 unspecified atom stereocenters. The maximum Gasteiger partial charge on any atom is 0.208 e. The summed E-state index contributed by atoms with van der Waals surface area (Å²) in [5, 5.41) is 5.19.